The highest BCUT2D eigenvalue weighted by molar-refractivity contribution is 7.89. The Morgan fingerprint density at radius 3 is 2.27 bits per heavy atom. The summed E-state index contributed by atoms with van der Waals surface area (Å²) in [5, 5.41) is 0. The Morgan fingerprint density at radius 2 is 1.87 bits per heavy atom. The zero-order valence-corrected chi connectivity index (χ0v) is 8.54. The van der Waals surface area contributed by atoms with E-state index in [2.05, 4.69) is 0 Å². The number of halogens is 4. The van der Waals surface area contributed by atoms with Gasteiger partial charge in [-0.25, -0.2) is 21.9 Å². The monoisotopic (exact) mass is 252 g/mol. The van der Waals surface area contributed by atoms with Crippen LogP contribution < -0.4 is 10.5 Å². The lowest BCUT2D eigenvalue weighted by Gasteiger charge is -2.15. The Labute approximate surface area is 84.9 Å². The predicted octanol–water partition coefficient (Wildman–Crippen LogP) is 0.155. The first kappa shape index (κ1) is 14.6. The molecule has 0 amide bonds. The fraction of sp³-hybridized carbons (Fsp3) is 1.00. The van der Waals surface area contributed by atoms with Gasteiger partial charge in [0.1, 0.15) is 0 Å². The molecule has 0 aliphatic carbocycles. The Hall–Kier alpha value is -0.410. The molecule has 3 N–H and O–H groups in total. The largest absolute Gasteiger partial charge is 0.330 e. The fourth-order valence-corrected chi connectivity index (χ4v) is 1.73. The summed E-state index contributed by atoms with van der Waals surface area (Å²) in [6.45, 7) is -1.52. The maximum Gasteiger partial charge on any atom is 0.320 e. The second-order valence-electron chi connectivity index (χ2n) is 2.84. The van der Waals surface area contributed by atoms with Crippen molar-refractivity contribution in [1.82, 2.24) is 4.72 Å². The van der Waals surface area contributed by atoms with Crippen LogP contribution >= 0.6 is 0 Å². The normalized spacial score (nSPS) is 13.5. The van der Waals surface area contributed by atoms with Crippen LogP contribution in [0.3, 0.4) is 0 Å². The number of nitrogens with two attached hydrogens (primary N) is 1. The zero-order valence-electron chi connectivity index (χ0n) is 7.72. The molecule has 92 valence electrons. The minimum atomic E-state index is -4.35. The van der Waals surface area contributed by atoms with Crippen molar-refractivity contribution in [3.8, 4) is 0 Å². The summed E-state index contributed by atoms with van der Waals surface area (Å²) in [4.78, 5) is 0. The van der Waals surface area contributed by atoms with E-state index in [4.69, 9.17) is 5.73 Å². The summed E-state index contributed by atoms with van der Waals surface area (Å²) in [6.07, 6.45) is -3.81. The van der Waals surface area contributed by atoms with E-state index in [0.717, 1.165) is 0 Å². The van der Waals surface area contributed by atoms with E-state index < -0.39 is 34.7 Å². The van der Waals surface area contributed by atoms with E-state index in [1.807, 2.05) is 0 Å². The molecular formula is C6H12F4N2O2S. The van der Waals surface area contributed by atoms with E-state index in [-0.39, 0.29) is 13.0 Å². The van der Waals surface area contributed by atoms with Gasteiger partial charge in [-0.3, -0.25) is 0 Å². The Balaban J connectivity index is 4.15. The van der Waals surface area contributed by atoms with E-state index in [1.54, 1.807) is 0 Å². The van der Waals surface area contributed by atoms with Crippen LogP contribution in [0.4, 0.5) is 17.6 Å². The molecule has 0 aromatic carbocycles. The molecule has 0 saturated carbocycles. The lowest BCUT2D eigenvalue weighted by atomic mass is 10.4. The van der Waals surface area contributed by atoms with Gasteiger partial charge in [-0.05, 0) is 13.0 Å². The number of rotatable bonds is 7. The second kappa shape index (κ2) is 5.61. The van der Waals surface area contributed by atoms with Crippen molar-refractivity contribution in [3.05, 3.63) is 0 Å². The Morgan fingerprint density at radius 1 is 1.33 bits per heavy atom. The standard InChI is InChI=1S/C6H12F4N2O2S/c7-5(8)6(9,10)4-12-15(13,14)3-1-2-11/h5,12H,1-4,11H2. The molecule has 0 spiro atoms. The topological polar surface area (TPSA) is 72.2 Å². The molecule has 0 radical (unpaired) electrons. The summed E-state index contributed by atoms with van der Waals surface area (Å²) in [6, 6.07) is 0. The summed E-state index contributed by atoms with van der Waals surface area (Å²) < 4.78 is 71.1. The van der Waals surface area contributed by atoms with E-state index >= 15 is 0 Å². The van der Waals surface area contributed by atoms with Crippen LogP contribution in [0.25, 0.3) is 0 Å². The fourth-order valence-electron chi connectivity index (χ4n) is 0.629. The molecule has 15 heavy (non-hydrogen) atoms. The lowest BCUT2D eigenvalue weighted by Crippen LogP contribution is -2.42. The Bertz CT molecular complexity index is 281. The number of hydrogen-bond donors (Lipinski definition) is 2. The molecule has 0 fully saturated rings. The average molecular weight is 252 g/mol. The summed E-state index contributed by atoms with van der Waals surface area (Å²) >= 11 is 0. The van der Waals surface area contributed by atoms with Crippen LogP contribution in [-0.4, -0.2) is 39.6 Å². The smallest absolute Gasteiger partial charge is 0.320 e. The third-order valence-electron chi connectivity index (χ3n) is 1.46. The first-order valence-corrected chi connectivity index (χ1v) is 5.70. The molecule has 0 saturated heterocycles. The molecule has 0 unspecified atom stereocenters. The number of nitrogens with one attached hydrogen (secondary N) is 1. The maximum absolute atomic E-state index is 12.3. The van der Waals surface area contributed by atoms with Crippen molar-refractivity contribution >= 4 is 10.0 Å². The van der Waals surface area contributed by atoms with Crippen molar-refractivity contribution in [3.63, 3.8) is 0 Å². The molecule has 0 aromatic rings. The quantitative estimate of drug-likeness (QED) is 0.634. The van der Waals surface area contributed by atoms with Crippen molar-refractivity contribution in [2.45, 2.75) is 18.8 Å². The van der Waals surface area contributed by atoms with Crippen LogP contribution in [0, 0.1) is 0 Å². The van der Waals surface area contributed by atoms with Crippen molar-refractivity contribution in [2.75, 3.05) is 18.8 Å². The molecule has 0 aliphatic heterocycles. The molecule has 4 nitrogen and oxygen atoms in total. The van der Waals surface area contributed by atoms with Gasteiger partial charge in [0.05, 0.1) is 12.3 Å². The maximum atomic E-state index is 12.3. The highest BCUT2D eigenvalue weighted by Crippen LogP contribution is 2.21. The Kier molecular flexibility index (Phi) is 5.46. The highest BCUT2D eigenvalue weighted by Gasteiger charge is 2.41. The molecule has 0 heterocycles. The van der Waals surface area contributed by atoms with Gasteiger partial charge in [-0.15, -0.1) is 0 Å². The van der Waals surface area contributed by atoms with Gasteiger partial charge < -0.3 is 5.73 Å². The highest BCUT2D eigenvalue weighted by atomic mass is 32.2. The molecule has 0 rings (SSSR count). The molecule has 9 heteroatoms. The molecule has 0 aromatic heterocycles. The van der Waals surface area contributed by atoms with Crippen LogP contribution in [0.5, 0.6) is 0 Å². The predicted molar refractivity (Wildman–Crippen MR) is 46.4 cm³/mol. The third-order valence-corrected chi connectivity index (χ3v) is 2.87. The summed E-state index contributed by atoms with van der Waals surface area (Å²) in [5.74, 6) is -4.81. The van der Waals surface area contributed by atoms with Crippen LogP contribution in [0.15, 0.2) is 0 Å². The van der Waals surface area contributed by atoms with Gasteiger partial charge in [0.15, 0.2) is 0 Å². The third kappa shape index (κ3) is 5.90. The summed E-state index contributed by atoms with van der Waals surface area (Å²) in [5.41, 5.74) is 5.01. The van der Waals surface area contributed by atoms with Crippen LogP contribution in [-0.2, 0) is 10.0 Å². The van der Waals surface area contributed by atoms with Gasteiger partial charge >= 0.3 is 12.3 Å². The van der Waals surface area contributed by atoms with E-state index in [0.29, 0.717) is 0 Å². The first-order valence-electron chi connectivity index (χ1n) is 4.04. The second-order valence-corrected chi connectivity index (χ2v) is 4.77. The van der Waals surface area contributed by atoms with Crippen molar-refractivity contribution in [2.24, 2.45) is 5.73 Å². The number of sulfonamides is 1. The van der Waals surface area contributed by atoms with Crippen LogP contribution in [0.1, 0.15) is 6.42 Å². The molecular weight excluding hydrogens is 240 g/mol. The number of hydrogen-bond acceptors (Lipinski definition) is 3. The van der Waals surface area contributed by atoms with Crippen LogP contribution in [0.2, 0.25) is 0 Å². The average Bonchev–Trinajstić information content (AvgIpc) is 2.12. The van der Waals surface area contributed by atoms with Crippen molar-refractivity contribution in [1.29, 1.82) is 0 Å². The molecule has 0 atom stereocenters. The minimum absolute atomic E-state index is 0.0755. The minimum Gasteiger partial charge on any atom is -0.330 e. The first-order chi connectivity index (χ1) is 6.71. The van der Waals surface area contributed by atoms with Crippen molar-refractivity contribution < 1.29 is 26.0 Å². The van der Waals surface area contributed by atoms with Gasteiger partial charge in [-0.2, -0.15) is 8.78 Å². The van der Waals surface area contributed by atoms with E-state index in [1.165, 1.54) is 4.72 Å². The van der Waals surface area contributed by atoms with Gasteiger partial charge in [0, 0.05) is 0 Å². The lowest BCUT2D eigenvalue weighted by molar-refractivity contribution is -0.122. The van der Waals surface area contributed by atoms with Gasteiger partial charge in [0.25, 0.3) is 0 Å². The molecule has 0 aliphatic rings. The number of alkyl halides is 4. The summed E-state index contributed by atoms with van der Waals surface area (Å²) in [7, 11) is -3.95. The zero-order chi connectivity index (χ0) is 12.1. The molecule has 0 bridgehead atoms. The van der Waals surface area contributed by atoms with Gasteiger partial charge in [0.2, 0.25) is 10.0 Å². The van der Waals surface area contributed by atoms with E-state index in [9.17, 15) is 26.0 Å². The van der Waals surface area contributed by atoms with Gasteiger partial charge in [-0.1, -0.05) is 0 Å². The SMILES string of the molecule is NCCCS(=O)(=O)NCC(F)(F)C(F)F.